The van der Waals surface area contributed by atoms with Crippen LogP contribution in [0.25, 0.3) is 6.08 Å². The van der Waals surface area contributed by atoms with Crippen LogP contribution in [0.4, 0.5) is 11.4 Å². The number of para-hydroxylation sites is 2. The minimum Gasteiger partial charge on any atom is -0.338 e. The number of piperidine rings is 1. The van der Waals surface area contributed by atoms with E-state index >= 15 is 0 Å². The predicted molar refractivity (Wildman–Crippen MR) is 107 cm³/mol. The SMILES string of the molecule is O=C(Nc1ccccc1)C1CCCN(C(=O)C=Cc2ccccc2[N+](=O)[O-])C1. The molecule has 1 fully saturated rings. The quantitative estimate of drug-likeness (QED) is 0.489. The van der Waals surface area contributed by atoms with Gasteiger partial charge in [0.05, 0.1) is 16.4 Å². The second-order valence-electron chi connectivity index (χ2n) is 6.63. The molecule has 7 nitrogen and oxygen atoms in total. The first-order valence-corrected chi connectivity index (χ1v) is 9.11. The second-order valence-corrected chi connectivity index (χ2v) is 6.63. The van der Waals surface area contributed by atoms with Crippen molar-refractivity contribution in [3.63, 3.8) is 0 Å². The van der Waals surface area contributed by atoms with Crippen LogP contribution in [0.15, 0.2) is 60.7 Å². The summed E-state index contributed by atoms with van der Waals surface area (Å²) < 4.78 is 0. The number of benzene rings is 2. The predicted octanol–water partition coefficient (Wildman–Crippen LogP) is 3.49. The number of carbonyl (C=O) groups excluding carboxylic acids is 2. The summed E-state index contributed by atoms with van der Waals surface area (Å²) in [6.45, 7) is 0.897. The summed E-state index contributed by atoms with van der Waals surface area (Å²) in [5, 5.41) is 13.9. The number of nitrogens with zero attached hydrogens (tertiary/aromatic N) is 2. The lowest BCUT2D eigenvalue weighted by Crippen LogP contribution is -2.43. The van der Waals surface area contributed by atoms with E-state index in [-0.39, 0.29) is 23.4 Å². The molecule has 1 saturated heterocycles. The molecule has 1 atom stereocenters. The van der Waals surface area contributed by atoms with Crippen LogP contribution < -0.4 is 5.32 Å². The van der Waals surface area contributed by atoms with Gasteiger partial charge >= 0.3 is 0 Å². The zero-order valence-corrected chi connectivity index (χ0v) is 15.3. The number of hydrogen-bond acceptors (Lipinski definition) is 4. The number of hydrogen-bond donors (Lipinski definition) is 1. The normalized spacial score (nSPS) is 16.7. The van der Waals surface area contributed by atoms with Gasteiger partial charge in [0.25, 0.3) is 5.69 Å². The molecular formula is C21H21N3O4. The van der Waals surface area contributed by atoms with Gasteiger partial charge in [-0.1, -0.05) is 30.3 Å². The molecule has 0 aromatic heterocycles. The Balaban J connectivity index is 1.63. The molecule has 1 unspecified atom stereocenters. The summed E-state index contributed by atoms with van der Waals surface area (Å²) in [6, 6.07) is 15.5. The van der Waals surface area contributed by atoms with Crippen molar-refractivity contribution in [2.24, 2.45) is 5.92 Å². The smallest absolute Gasteiger partial charge is 0.276 e. The Hall–Kier alpha value is -3.48. The molecule has 3 rings (SSSR count). The average molecular weight is 379 g/mol. The maximum absolute atomic E-state index is 12.5. The van der Waals surface area contributed by atoms with Crippen molar-refractivity contribution in [2.45, 2.75) is 12.8 Å². The van der Waals surface area contributed by atoms with E-state index in [1.165, 1.54) is 18.2 Å². The monoisotopic (exact) mass is 379 g/mol. The maximum atomic E-state index is 12.5. The number of nitrogens with one attached hydrogen (secondary N) is 1. The molecule has 1 aliphatic rings. The van der Waals surface area contributed by atoms with Gasteiger partial charge in [0, 0.05) is 30.9 Å². The third-order valence-corrected chi connectivity index (χ3v) is 4.68. The Morgan fingerprint density at radius 2 is 1.82 bits per heavy atom. The fourth-order valence-corrected chi connectivity index (χ4v) is 3.22. The zero-order chi connectivity index (χ0) is 19.9. The summed E-state index contributed by atoms with van der Waals surface area (Å²) >= 11 is 0. The summed E-state index contributed by atoms with van der Waals surface area (Å²) in [5.41, 5.74) is 1.05. The van der Waals surface area contributed by atoms with Gasteiger partial charge < -0.3 is 10.2 Å². The van der Waals surface area contributed by atoms with E-state index in [1.54, 1.807) is 23.1 Å². The number of amides is 2. The van der Waals surface area contributed by atoms with Gasteiger partial charge in [0.2, 0.25) is 11.8 Å². The van der Waals surface area contributed by atoms with Crippen molar-refractivity contribution in [3.8, 4) is 0 Å². The summed E-state index contributed by atoms with van der Waals surface area (Å²) in [6.07, 6.45) is 4.24. The first-order chi connectivity index (χ1) is 13.5. The van der Waals surface area contributed by atoms with Crippen molar-refractivity contribution < 1.29 is 14.5 Å². The van der Waals surface area contributed by atoms with Crippen LogP contribution in [0.3, 0.4) is 0 Å². The zero-order valence-electron chi connectivity index (χ0n) is 15.3. The highest BCUT2D eigenvalue weighted by Gasteiger charge is 2.27. The molecule has 2 amide bonds. The van der Waals surface area contributed by atoms with Crippen LogP contribution in [0.5, 0.6) is 0 Å². The third-order valence-electron chi connectivity index (χ3n) is 4.68. The number of nitro benzene ring substituents is 1. The molecule has 0 saturated carbocycles. The average Bonchev–Trinajstić information content (AvgIpc) is 2.73. The minimum atomic E-state index is -0.477. The molecule has 0 radical (unpaired) electrons. The van der Waals surface area contributed by atoms with Crippen LogP contribution in [-0.4, -0.2) is 34.7 Å². The van der Waals surface area contributed by atoms with Crippen molar-refractivity contribution in [1.29, 1.82) is 0 Å². The van der Waals surface area contributed by atoms with Gasteiger partial charge in [-0.25, -0.2) is 0 Å². The highest BCUT2D eigenvalue weighted by molar-refractivity contribution is 5.95. The Bertz CT molecular complexity index is 896. The summed E-state index contributed by atoms with van der Waals surface area (Å²) in [5.74, 6) is -0.640. The first-order valence-electron chi connectivity index (χ1n) is 9.11. The van der Waals surface area contributed by atoms with Gasteiger partial charge in [-0.05, 0) is 37.1 Å². The molecule has 2 aromatic rings. The highest BCUT2D eigenvalue weighted by Crippen LogP contribution is 2.21. The molecule has 28 heavy (non-hydrogen) atoms. The third kappa shape index (κ3) is 4.82. The first kappa shape index (κ1) is 19.3. The van der Waals surface area contributed by atoms with Crippen molar-refractivity contribution in [2.75, 3.05) is 18.4 Å². The minimum absolute atomic E-state index is 0.0506. The number of nitro groups is 1. The molecular weight excluding hydrogens is 358 g/mol. The van der Waals surface area contributed by atoms with E-state index in [9.17, 15) is 19.7 Å². The van der Waals surface area contributed by atoms with E-state index < -0.39 is 4.92 Å². The van der Waals surface area contributed by atoms with Crippen LogP contribution in [0, 0.1) is 16.0 Å². The van der Waals surface area contributed by atoms with E-state index in [2.05, 4.69) is 5.32 Å². The Morgan fingerprint density at radius 3 is 2.57 bits per heavy atom. The molecule has 144 valence electrons. The van der Waals surface area contributed by atoms with Crippen molar-refractivity contribution in [1.82, 2.24) is 4.90 Å². The topological polar surface area (TPSA) is 92.6 Å². The number of anilines is 1. The summed E-state index contributed by atoms with van der Waals surface area (Å²) in [4.78, 5) is 37.2. The Morgan fingerprint density at radius 1 is 1.11 bits per heavy atom. The lowest BCUT2D eigenvalue weighted by Gasteiger charge is -2.31. The molecule has 1 heterocycles. The molecule has 1 N–H and O–H groups in total. The van der Waals surface area contributed by atoms with Gasteiger partial charge in [-0.15, -0.1) is 0 Å². The molecule has 1 aliphatic heterocycles. The van der Waals surface area contributed by atoms with Crippen LogP contribution >= 0.6 is 0 Å². The fraction of sp³-hybridized carbons (Fsp3) is 0.238. The largest absolute Gasteiger partial charge is 0.338 e. The molecule has 0 bridgehead atoms. The van der Waals surface area contributed by atoms with E-state index in [4.69, 9.17) is 0 Å². The van der Waals surface area contributed by atoms with Gasteiger partial charge in [-0.3, -0.25) is 19.7 Å². The Kier molecular flexibility index (Phi) is 6.16. The van der Waals surface area contributed by atoms with E-state index in [0.29, 0.717) is 18.7 Å². The highest BCUT2D eigenvalue weighted by atomic mass is 16.6. The van der Waals surface area contributed by atoms with E-state index in [1.807, 2.05) is 30.3 Å². The molecule has 0 spiro atoms. The van der Waals surface area contributed by atoms with Crippen LogP contribution in [0.2, 0.25) is 0 Å². The molecule has 2 aromatic carbocycles. The Labute approximate surface area is 162 Å². The standard InChI is InChI=1S/C21H21N3O4/c25-20(13-12-16-7-4-5-11-19(16)24(27)28)23-14-6-8-17(15-23)21(26)22-18-9-2-1-3-10-18/h1-5,7,9-13,17H,6,8,14-15H2,(H,22,26). The lowest BCUT2D eigenvalue weighted by molar-refractivity contribution is -0.385. The van der Waals surface area contributed by atoms with Gasteiger partial charge in [0.15, 0.2) is 0 Å². The van der Waals surface area contributed by atoms with Crippen LogP contribution in [-0.2, 0) is 9.59 Å². The van der Waals surface area contributed by atoms with Crippen molar-refractivity contribution >= 4 is 29.3 Å². The lowest BCUT2D eigenvalue weighted by atomic mass is 9.97. The molecule has 7 heteroatoms. The number of carbonyl (C=O) groups is 2. The van der Waals surface area contributed by atoms with E-state index in [0.717, 1.165) is 18.5 Å². The van der Waals surface area contributed by atoms with Crippen molar-refractivity contribution in [3.05, 3.63) is 76.4 Å². The molecule has 0 aliphatic carbocycles. The maximum Gasteiger partial charge on any atom is 0.276 e. The second kappa shape index (κ2) is 8.94. The number of rotatable bonds is 5. The van der Waals surface area contributed by atoms with Gasteiger partial charge in [0.1, 0.15) is 0 Å². The fourth-order valence-electron chi connectivity index (χ4n) is 3.22. The van der Waals surface area contributed by atoms with Gasteiger partial charge in [-0.2, -0.15) is 0 Å². The number of likely N-dealkylation sites (tertiary alicyclic amines) is 1. The summed E-state index contributed by atoms with van der Waals surface area (Å²) in [7, 11) is 0. The van der Waals surface area contributed by atoms with Crippen LogP contribution in [0.1, 0.15) is 18.4 Å².